The minimum atomic E-state index is -1.10. The maximum absolute atomic E-state index is 12.8. The first-order valence-corrected chi connectivity index (χ1v) is 11.2. The van der Waals surface area contributed by atoms with Gasteiger partial charge in [0.2, 0.25) is 0 Å². The summed E-state index contributed by atoms with van der Waals surface area (Å²) >= 11 is 5.51. The van der Waals surface area contributed by atoms with Crippen molar-refractivity contribution in [3.8, 4) is 5.75 Å². The Morgan fingerprint density at radius 3 is 2.21 bits per heavy atom. The van der Waals surface area contributed by atoms with Crippen LogP contribution in [0.3, 0.4) is 0 Å². The summed E-state index contributed by atoms with van der Waals surface area (Å²) in [5.74, 6) is -1.27. The lowest BCUT2D eigenvalue weighted by atomic mass is 10.1. The molecule has 0 fully saturated rings. The number of likely N-dealkylation sites (N-methyl/N-ethyl adjacent to an activating group) is 1. The molecule has 1 aromatic rings. The van der Waals surface area contributed by atoms with Crippen molar-refractivity contribution in [2.75, 3.05) is 40.5 Å². The maximum Gasteiger partial charge on any atom is 0.256 e. The van der Waals surface area contributed by atoms with E-state index in [2.05, 4.69) is 5.32 Å². The summed E-state index contributed by atoms with van der Waals surface area (Å²) in [6.45, 7) is -0.619. The van der Waals surface area contributed by atoms with E-state index in [-0.39, 0.29) is 43.7 Å². The van der Waals surface area contributed by atoms with Crippen molar-refractivity contribution in [3.63, 3.8) is 0 Å². The number of hydrogen-bond acceptors (Lipinski definition) is 7. The molecule has 9 nitrogen and oxygen atoms in total. The smallest absolute Gasteiger partial charge is 0.256 e. The van der Waals surface area contributed by atoms with Crippen molar-refractivity contribution >= 4 is 79.6 Å². The van der Waals surface area contributed by atoms with E-state index in [1.165, 1.54) is 19.1 Å². The molecule has 2 amide bonds. The highest BCUT2D eigenvalue weighted by Crippen LogP contribution is 2.36. The number of carbonyl (C=O) groups is 2. The first-order chi connectivity index (χ1) is 13.1. The Morgan fingerprint density at radius 2 is 1.68 bits per heavy atom. The molecule has 158 valence electrons. The van der Waals surface area contributed by atoms with Crippen molar-refractivity contribution in [2.24, 2.45) is 0 Å². The number of methoxy groups -OCH3 is 1. The number of halogens is 3. The highest BCUT2D eigenvalue weighted by Gasteiger charge is 2.29. The molecule has 0 aromatic heterocycles. The van der Waals surface area contributed by atoms with Crippen LogP contribution >= 0.6 is 67.8 Å². The molecule has 0 heterocycles. The van der Waals surface area contributed by atoms with Crippen LogP contribution in [0.4, 0.5) is 0 Å². The predicted molar refractivity (Wildman–Crippen MR) is 127 cm³/mol. The van der Waals surface area contributed by atoms with Gasteiger partial charge in [-0.05, 0) is 67.8 Å². The number of nitrogens with one attached hydrogen (secondary N) is 1. The normalized spacial score (nSPS) is 13.1. The largest absolute Gasteiger partial charge is 0.506 e. The van der Waals surface area contributed by atoms with Gasteiger partial charge in [0.1, 0.15) is 5.75 Å². The van der Waals surface area contributed by atoms with E-state index in [4.69, 9.17) is 9.84 Å². The summed E-state index contributed by atoms with van der Waals surface area (Å²) in [5, 5.41) is 41.2. The van der Waals surface area contributed by atoms with Crippen molar-refractivity contribution < 1.29 is 34.8 Å². The quantitative estimate of drug-likeness (QED) is 0.231. The molecule has 5 N–H and O–H groups in total. The molecule has 0 aliphatic carbocycles. The van der Waals surface area contributed by atoms with Gasteiger partial charge in [-0.3, -0.25) is 9.59 Å². The molecule has 28 heavy (non-hydrogen) atoms. The van der Waals surface area contributed by atoms with Gasteiger partial charge in [-0.1, -0.05) is 0 Å². The average molecular weight is 734 g/mol. The predicted octanol–water partition coefficient (Wildman–Crippen LogP) is 0.368. The Labute approximate surface area is 203 Å². The Kier molecular flexibility index (Phi) is 11.1. The number of amides is 2. The third kappa shape index (κ3) is 6.49. The second kappa shape index (κ2) is 12.0. The Bertz CT molecular complexity index is 733. The van der Waals surface area contributed by atoms with Gasteiger partial charge in [0.25, 0.3) is 11.8 Å². The van der Waals surface area contributed by atoms with E-state index in [0.29, 0.717) is 3.57 Å². The minimum absolute atomic E-state index is 0.0497. The van der Waals surface area contributed by atoms with Gasteiger partial charge in [-0.25, -0.2) is 0 Å². The molecular weight excluding hydrogens is 713 g/mol. The number of benzene rings is 1. The topological polar surface area (TPSA) is 140 Å². The summed E-state index contributed by atoms with van der Waals surface area (Å²) in [7, 11) is 2.87. The monoisotopic (exact) mass is 734 g/mol. The van der Waals surface area contributed by atoms with E-state index >= 15 is 0 Å². The molecule has 1 aromatic carbocycles. The summed E-state index contributed by atoms with van der Waals surface area (Å²) < 4.78 is 5.69. The zero-order valence-electron chi connectivity index (χ0n) is 15.1. The minimum Gasteiger partial charge on any atom is -0.506 e. The lowest BCUT2D eigenvalue weighted by Crippen LogP contribution is -2.38. The lowest BCUT2D eigenvalue weighted by molar-refractivity contribution is 0.0518. The third-order valence-corrected chi connectivity index (χ3v) is 6.81. The van der Waals surface area contributed by atoms with Crippen LogP contribution in [0.1, 0.15) is 20.7 Å². The molecule has 0 radical (unpaired) electrons. The number of rotatable bonds is 9. The van der Waals surface area contributed by atoms with Crippen LogP contribution in [-0.4, -0.2) is 89.8 Å². The number of aliphatic hydroxyl groups is 3. The van der Waals surface area contributed by atoms with Crippen molar-refractivity contribution in [3.05, 3.63) is 21.8 Å². The first kappa shape index (κ1) is 26.0. The van der Waals surface area contributed by atoms with Gasteiger partial charge in [-0.15, -0.1) is 0 Å². The van der Waals surface area contributed by atoms with Crippen LogP contribution in [0.5, 0.6) is 5.75 Å². The highest BCUT2D eigenvalue weighted by atomic mass is 127. The molecule has 0 spiro atoms. The Balaban J connectivity index is 3.27. The number of nitrogens with zero attached hydrogens (tertiary/aromatic N) is 1. The number of hydrogen-bond donors (Lipinski definition) is 5. The number of phenolic OH excluding ortho intramolecular Hbond substituents is 1. The number of ether oxygens (including phenoxy) is 1. The fourth-order valence-corrected chi connectivity index (χ4v) is 6.35. The number of aromatic hydroxyl groups is 1. The number of phenols is 1. The molecule has 0 aliphatic heterocycles. The molecule has 2 atom stereocenters. The molecular formula is C16H21I3N2O7. The van der Waals surface area contributed by atoms with E-state index in [9.17, 15) is 24.9 Å². The van der Waals surface area contributed by atoms with Crippen LogP contribution in [0.2, 0.25) is 0 Å². The zero-order valence-corrected chi connectivity index (χ0v) is 21.6. The lowest BCUT2D eigenvalue weighted by Gasteiger charge is -2.23. The molecule has 2 unspecified atom stereocenters. The number of carbonyl (C=O) groups excluding carboxylic acids is 2. The molecule has 0 bridgehead atoms. The van der Waals surface area contributed by atoms with Gasteiger partial charge >= 0.3 is 0 Å². The van der Waals surface area contributed by atoms with Crippen LogP contribution in [0, 0.1) is 10.7 Å². The van der Waals surface area contributed by atoms with Gasteiger partial charge in [0, 0.05) is 30.8 Å². The standard InChI is InChI=1S/C16H21I3N2O7/c1-21(4-8(24)5-22)16(27)10-11(17)9(12(18)14(25)13(10)19)15(26)20-3-7(23)6-28-2/h7-8,22-25H,3-6H2,1-2H3,(H,20,26). The van der Waals surface area contributed by atoms with Gasteiger partial charge < -0.3 is 35.4 Å². The fourth-order valence-electron chi connectivity index (χ4n) is 2.24. The van der Waals surface area contributed by atoms with E-state index in [0.717, 1.165) is 0 Å². The van der Waals surface area contributed by atoms with Gasteiger partial charge in [0.05, 0.1) is 43.7 Å². The summed E-state index contributed by atoms with van der Waals surface area (Å²) in [4.78, 5) is 26.7. The molecule has 1 rings (SSSR count). The van der Waals surface area contributed by atoms with Crippen LogP contribution in [-0.2, 0) is 4.74 Å². The Morgan fingerprint density at radius 1 is 1.11 bits per heavy atom. The fraction of sp³-hybridized carbons (Fsp3) is 0.500. The third-order valence-electron chi connectivity index (χ3n) is 3.63. The molecule has 0 saturated carbocycles. The Hall–Kier alpha value is -0.0100. The molecule has 0 saturated heterocycles. The summed E-state index contributed by atoms with van der Waals surface area (Å²) in [5.41, 5.74) is 0.234. The van der Waals surface area contributed by atoms with Gasteiger partial charge in [-0.2, -0.15) is 0 Å². The molecule has 12 heteroatoms. The second-order valence-electron chi connectivity index (χ2n) is 5.88. The van der Waals surface area contributed by atoms with Crippen LogP contribution < -0.4 is 5.32 Å². The maximum atomic E-state index is 12.8. The average Bonchev–Trinajstić information content (AvgIpc) is 2.64. The van der Waals surface area contributed by atoms with E-state index in [1.54, 1.807) is 0 Å². The summed E-state index contributed by atoms with van der Waals surface area (Å²) in [6, 6.07) is 0. The summed E-state index contributed by atoms with van der Waals surface area (Å²) in [6.07, 6.45) is -2.00. The van der Waals surface area contributed by atoms with Crippen molar-refractivity contribution in [1.82, 2.24) is 10.2 Å². The first-order valence-electron chi connectivity index (χ1n) is 7.95. The SMILES string of the molecule is COCC(O)CNC(=O)c1c(I)c(O)c(I)c(C(=O)N(C)CC(O)CO)c1I. The van der Waals surface area contributed by atoms with Crippen LogP contribution in [0.25, 0.3) is 0 Å². The van der Waals surface area contributed by atoms with Crippen molar-refractivity contribution in [1.29, 1.82) is 0 Å². The van der Waals surface area contributed by atoms with E-state index in [1.807, 2.05) is 67.8 Å². The van der Waals surface area contributed by atoms with E-state index < -0.39 is 30.6 Å². The van der Waals surface area contributed by atoms with Crippen molar-refractivity contribution in [2.45, 2.75) is 12.2 Å². The second-order valence-corrected chi connectivity index (χ2v) is 9.12. The zero-order chi connectivity index (χ0) is 21.6. The molecule has 0 aliphatic rings. The highest BCUT2D eigenvalue weighted by molar-refractivity contribution is 14.1. The van der Waals surface area contributed by atoms with Gasteiger partial charge in [0.15, 0.2) is 0 Å². The van der Waals surface area contributed by atoms with Crippen LogP contribution in [0.15, 0.2) is 0 Å². The number of aliphatic hydroxyl groups excluding tert-OH is 3.